The molecule has 2 aromatic carbocycles. The zero-order valence-corrected chi connectivity index (χ0v) is 22.9. The molecule has 0 spiro atoms. The average molecular weight is 561 g/mol. The fraction of sp³-hybridized carbons (Fsp3) is 0.321. The maximum atomic E-state index is 14.5. The molecule has 39 heavy (non-hydrogen) atoms. The minimum absolute atomic E-state index is 0.219. The second kappa shape index (κ2) is 13.8. The molecule has 3 rings (SSSR count). The van der Waals surface area contributed by atoms with Crippen LogP contribution in [0.4, 0.5) is 13.9 Å². The fourth-order valence-corrected chi connectivity index (χ4v) is 4.35. The predicted octanol–water partition coefficient (Wildman–Crippen LogP) is 6.03. The first-order valence-corrected chi connectivity index (χ1v) is 13.0. The van der Waals surface area contributed by atoms with Gasteiger partial charge < -0.3 is 19.3 Å². The number of para-hydroxylation sites is 1. The van der Waals surface area contributed by atoms with Crippen LogP contribution in [-0.4, -0.2) is 49.4 Å². The molecule has 0 bridgehead atoms. The molecule has 0 aliphatic heterocycles. The first-order valence-electron chi connectivity index (χ1n) is 12.1. The number of carboxylic acids is 1. The van der Waals surface area contributed by atoms with Crippen molar-refractivity contribution >= 4 is 34.4 Å². The highest BCUT2D eigenvalue weighted by molar-refractivity contribution is 7.14. The van der Waals surface area contributed by atoms with E-state index < -0.39 is 34.8 Å². The summed E-state index contributed by atoms with van der Waals surface area (Å²) in [5.41, 5.74) is 1.31. The molecular weight excluding hydrogens is 530 g/mol. The number of hydrogen-bond acceptors (Lipinski definition) is 7. The maximum Gasteiger partial charge on any atom is 0.371 e. The molecule has 1 heterocycles. The largest absolute Gasteiger partial charge is 0.496 e. The Balaban J connectivity index is 1.75. The molecule has 2 N–H and O–H groups in total. The minimum Gasteiger partial charge on any atom is -0.496 e. The Morgan fingerprint density at radius 3 is 2.49 bits per heavy atom. The highest BCUT2D eigenvalue weighted by Gasteiger charge is 2.19. The van der Waals surface area contributed by atoms with Crippen LogP contribution in [0.3, 0.4) is 0 Å². The molecule has 1 aromatic heterocycles. The molecule has 0 unspecified atom stereocenters. The van der Waals surface area contributed by atoms with Gasteiger partial charge in [-0.25, -0.2) is 18.6 Å². The van der Waals surface area contributed by atoms with E-state index in [1.807, 2.05) is 18.2 Å². The fourth-order valence-electron chi connectivity index (χ4n) is 3.64. The van der Waals surface area contributed by atoms with Crippen LogP contribution in [-0.2, 0) is 20.7 Å². The number of rotatable bonds is 13. The van der Waals surface area contributed by atoms with E-state index in [2.05, 4.69) is 28.9 Å². The van der Waals surface area contributed by atoms with Gasteiger partial charge in [0.15, 0.2) is 5.13 Å². The lowest BCUT2D eigenvalue weighted by atomic mass is 10.0. The van der Waals surface area contributed by atoms with Gasteiger partial charge >= 0.3 is 5.97 Å². The Kier molecular flexibility index (Phi) is 10.5. The first kappa shape index (κ1) is 29.7. The number of methoxy groups -OCH3 is 2. The van der Waals surface area contributed by atoms with Crippen LogP contribution in [0.15, 0.2) is 41.5 Å². The van der Waals surface area contributed by atoms with Crippen LogP contribution in [0, 0.1) is 17.6 Å². The maximum absolute atomic E-state index is 14.5. The van der Waals surface area contributed by atoms with Gasteiger partial charge in [-0.1, -0.05) is 26.0 Å². The molecule has 0 saturated heterocycles. The van der Waals surface area contributed by atoms with Crippen molar-refractivity contribution < 1.29 is 37.7 Å². The zero-order valence-electron chi connectivity index (χ0n) is 22.0. The van der Waals surface area contributed by atoms with Crippen molar-refractivity contribution in [1.82, 2.24) is 4.98 Å². The third-order valence-corrected chi connectivity index (χ3v) is 6.46. The van der Waals surface area contributed by atoms with Gasteiger partial charge in [0, 0.05) is 34.8 Å². The normalized spacial score (nSPS) is 11.5. The van der Waals surface area contributed by atoms with Crippen molar-refractivity contribution in [3.05, 3.63) is 69.8 Å². The Bertz CT molecular complexity index is 1330. The van der Waals surface area contributed by atoms with E-state index in [0.29, 0.717) is 43.1 Å². The number of carbonyl (C=O) groups excluding carboxylic acids is 1. The summed E-state index contributed by atoms with van der Waals surface area (Å²) in [7, 11) is 2.64. The number of benzene rings is 2. The van der Waals surface area contributed by atoms with Crippen molar-refractivity contribution in [3.63, 3.8) is 0 Å². The molecule has 3 aromatic rings. The number of halogens is 2. The molecule has 0 atom stereocenters. The van der Waals surface area contributed by atoms with Crippen LogP contribution in [0.2, 0.25) is 0 Å². The van der Waals surface area contributed by atoms with Gasteiger partial charge in [0.05, 0.1) is 26.5 Å². The van der Waals surface area contributed by atoms with Gasteiger partial charge in [-0.3, -0.25) is 10.1 Å². The Morgan fingerprint density at radius 2 is 1.87 bits per heavy atom. The number of nitrogens with one attached hydrogen (secondary N) is 1. The zero-order chi connectivity index (χ0) is 28.5. The summed E-state index contributed by atoms with van der Waals surface area (Å²) in [6, 6.07) is 7.31. The number of nitrogens with zero attached hydrogens (tertiary/aromatic N) is 1. The van der Waals surface area contributed by atoms with Crippen LogP contribution >= 0.6 is 11.3 Å². The van der Waals surface area contributed by atoms with Crippen molar-refractivity contribution in [2.24, 2.45) is 5.92 Å². The summed E-state index contributed by atoms with van der Waals surface area (Å²) in [5.74, 6) is -3.94. The van der Waals surface area contributed by atoms with E-state index in [-0.39, 0.29) is 10.7 Å². The molecule has 208 valence electrons. The van der Waals surface area contributed by atoms with Crippen molar-refractivity contribution in [2.45, 2.75) is 26.7 Å². The van der Waals surface area contributed by atoms with Gasteiger partial charge in [0.1, 0.15) is 17.4 Å². The molecule has 8 nitrogen and oxygen atoms in total. The second-order valence-electron chi connectivity index (χ2n) is 8.91. The van der Waals surface area contributed by atoms with Gasteiger partial charge in [-0.2, -0.15) is 0 Å². The van der Waals surface area contributed by atoms with Gasteiger partial charge in [0.2, 0.25) is 5.76 Å². The van der Waals surface area contributed by atoms with Crippen LogP contribution in [0.1, 0.15) is 41.8 Å². The van der Waals surface area contributed by atoms with E-state index in [9.17, 15) is 18.4 Å². The van der Waals surface area contributed by atoms with Crippen LogP contribution in [0.5, 0.6) is 5.75 Å². The Morgan fingerprint density at radius 1 is 1.15 bits per heavy atom. The number of carboxylic acid groups (broad SMARTS) is 1. The second-order valence-corrected chi connectivity index (χ2v) is 9.76. The van der Waals surface area contributed by atoms with E-state index in [1.54, 1.807) is 12.5 Å². The van der Waals surface area contributed by atoms with E-state index in [1.165, 1.54) is 0 Å². The average Bonchev–Trinajstić information content (AvgIpc) is 3.35. The Labute approximate surface area is 229 Å². The molecule has 0 saturated carbocycles. The number of thiazole rings is 1. The lowest BCUT2D eigenvalue weighted by molar-refractivity contribution is -0.135. The topological polar surface area (TPSA) is 107 Å². The summed E-state index contributed by atoms with van der Waals surface area (Å²) in [5, 5.41) is 13.5. The van der Waals surface area contributed by atoms with Crippen molar-refractivity contribution in [3.8, 4) is 17.0 Å². The number of ether oxygens (including phenoxy) is 3. The standard InChI is InChI=1S/C28H30F2N2O6S/c1-16(2)8-10-38-11-9-17-6-5-7-19(25(17)37-4)23-15-39-28(31-23)32-26(33)18-12-21(29)20(22(30)13-18)14-24(36-3)27(34)35/h5-7,12-16H,8-11H2,1-4H3,(H,34,35)(H,31,32,33)/b24-14-. The lowest BCUT2D eigenvalue weighted by Crippen LogP contribution is -2.13. The number of anilines is 1. The van der Waals surface area contributed by atoms with Crippen molar-refractivity contribution in [2.75, 3.05) is 32.8 Å². The van der Waals surface area contributed by atoms with E-state index in [4.69, 9.17) is 14.6 Å². The third kappa shape index (κ3) is 7.84. The molecule has 0 fully saturated rings. The summed E-state index contributed by atoms with van der Waals surface area (Å²) in [6.45, 7) is 5.54. The third-order valence-electron chi connectivity index (χ3n) is 5.70. The van der Waals surface area contributed by atoms with Crippen LogP contribution < -0.4 is 10.1 Å². The molecule has 11 heteroatoms. The summed E-state index contributed by atoms with van der Waals surface area (Å²) in [6.07, 6.45) is 2.36. The summed E-state index contributed by atoms with van der Waals surface area (Å²) >= 11 is 1.14. The SMILES string of the molecule is CO/C(=C\c1c(F)cc(C(=O)Nc2nc(-c3cccc(CCOCCC(C)C)c3OC)cs2)cc1F)C(=O)O. The molecule has 1 amide bonds. The highest BCUT2D eigenvalue weighted by Crippen LogP contribution is 2.35. The molecular formula is C28H30F2N2O6S. The van der Waals surface area contributed by atoms with Gasteiger partial charge in [-0.15, -0.1) is 11.3 Å². The number of amides is 1. The number of aromatic nitrogens is 1. The number of carbonyl (C=O) groups is 2. The van der Waals surface area contributed by atoms with E-state index >= 15 is 0 Å². The van der Waals surface area contributed by atoms with Gasteiger partial charge in [-0.05, 0) is 42.5 Å². The molecule has 0 aliphatic carbocycles. The lowest BCUT2D eigenvalue weighted by Gasteiger charge is -2.13. The van der Waals surface area contributed by atoms with E-state index in [0.717, 1.165) is 48.1 Å². The monoisotopic (exact) mass is 560 g/mol. The Hall–Kier alpha value is -3.83. The predicted molar refractivity (Wildman–Crippen MR) is 145 cm³/mol. The smallest absolute Gasteiger partial charge is 0.371 e. The quantitative estimate of drug-likeness (QED) is 0.149. The summed E-state index contributed by atoms with van der Waals surface area (Å²) in [4.78, 5) is 28.2. The minimum atomic E-state index is -1.49. The molecule has 0 radical (unpaired) electrons. The van der Waals surface area contributed by atoms with Crippen molar-refractivity contribution in [1.29, 1.82) is 0 Å². The van der Waals surface area contributed by atoms with Crippen LogP contribution in [0.25, 0.3) is 17.3 Å². The number of aliphatic carboxylic acids is 1. The van der Waals surface area contributed by atoms with Gasteiger partial charge in [0.25, 0.3) is 5.91 Å². The first-order chi connectivity index (χ1) is 18.6. The molecule has 0 aliphatic rings. The number of hydrogen-bond donors (Lipinski definition) is 2. The highest BCUT2D eigenvalue weighted by atomic mass is 32.1. The summed E-state index contributed by atoms with van der Waals surface area (Å²) < 4.78 is 45.1.